The summed E-state index contributed by atoms with van der Waals surface area (Å²) >= 11 is 0. The van der Waals surface area contributed by atoms with Crippen LogP contribution in [-0.4, -0.2) is 12.9 Å². The minimum absolute atomic E-state index is 0.0745. The molecule has 0 saturated heterocycles. The summed E-state index contributed by atoms with van der Waals surface area (Å²) in [7, 11) is 5.10. The van der Waals surface area contributed by atoms with Gasteiger partial charge in [0.15, 0.2) is 0 Å². The first-order chi connectivity index (χ1) is 5.65. The van der Waals surface area contributed by atoms with Gasteiger partial charge in [-0.05, 0) is 13.0 Å². The number of benzene rings is 1. The SMILES string of the molecule is [B]Nc1ccc(C)c([N+](=O)[O-])c1. The minimum atomic E-state index is -0.434. The van der Waals surface area contributed by atoms with Gasteiger partial charge in [-0.2, -0.15) is 0 Å². The molecule has 0 spiro atoms. The predicted octanol–water partition coefficient (Wildman–Crippen LogP) is 1.40. The van der Waals surface area contributed by atoms with E-state index in [4.69, 9.17) is 7.98 Å². The van der Waals surface area contributed by atoms with E-state index in [1.54, 1.807) is 19.1 Å². The van der Waals surface area contributed by atoms with Crippen LogP contribution in [0.25, 0.3) is 0 Å². The quantitative estimate of drug-likeness (QED) is 0.406. The number of hydrogen-bond acceptors (Lipinski definition) is 3. The smallest absolute Gasteiger partial charge is 0.274 e. The lowest BCUT2D eigenvalue weighted by atomic mass is 10.1. The van der Waals surface area contributed by atoms with Crippen molar-refractivity contribution in [3.05, 3.63) is 33.9 Å². The van der Waals surface area contributed by atoms with Crippen LogP contribution >= 0.6 is 0 Å². The lowest BCUT2D eigenvalue weighted by Gasteiger charge is -2.01. The predicted molar refractivity (Wildman–Crippen MR) is 47.2 cm³/mol. The second kappa shape index (κ2) is 3.25. The second-order valence-corrected chi connectivity index (χ2v) is 2.40. The molecule has 60 valence electrons. The van der Waals surface area contributed by atoms with E-state index in [0.29, 0.717) is 11.3 Å². The second-order valence-electron chi connectivity index (χ2n) is 2.40. The summed E-state index contributed by atoms with van der Waals surface area (Å²) in [5.74, 6) is 0. The van der Waals surface area contributed by atoms with E-state index in [9.17, 15) is 10.1 Å². The summed E-state index contributed by atoms with van der Waals surface area (Å²) < 4.78 is 0. The molecule has 12 heavy (non-hydrogen) atoms. The zero-order valence-corrected chi connectivity index (χ0v) is 6.57. The van der Waals surface area contributed by atoms with Gasteiger partial charge in [-0.1, -0.05) is 6.07 Å². The van der Waals surface area contributed by atoms with E-state index in [0.717, 1.165) is 0 Å². The Morgan fingerprint density at radius 2 is 2.25 bits per heavy atom. The molecule has 0 heterocycles. The van der Waals surface area contributed by atoms with E-state index in [2.05, 4.69) is 5.23 Å². The van der Waals surface area contributed by atoms with E-state index >= 15 is 0 Å². The normalized spacial score (nSPS) is 9.42. The minimum Gasteiger partial charge on any atom is -0.437 e. The molecular weight excluding hydrogens is 155 g/mol. The zero-order valence-electron chi connectivity index (χ0n) is 6.57. The molecule has 0 saturated carbocycles. The van der Waals surface area contributed by atoms with Crippen LogP contribution in [0.4, 0.5) is 11.4 Å². The van der Waals surface area contributed by atoms with Crippen LogP contribution in [0.5, 0.6) is 0 Å². The maximum atomic E-state index is 10.4. The standard InChI is InChI=1S/C7H7BN2O2/c1-5-2-3-6(9-8)4-7(5)10(11)12/h2-4,9H,1H3. The van der Waals surface area contributed by atoms with Crippen molar-refractivity contribution in [2.75, 3.05) is 5.23 Å². The van der Waals surface area contributed by atoms with Gasteiger partial charge < -0.3 is 5.23 Å². The number of nitro groups is 1. The highest BCUT2D eigenvalue weighted by molar-refractivity contribution is 6.15. The zero-order chi connectivity index (χ0) is 9.14. The van der Waals surface area contributed by atoms with Gasteiger partial charge in [-0.3, -0.25) is 10.1 Å². The molecule has 0 fully saturated rings. The highest BCUT2D eigenvalue weighted by atomic mass is 16.6. The largest absolute Gasteiger partial charge is 0.437 e. The maximum absolute atomic E-state index is 10.4. The molecule has 1 aromatic rings. The molecule has 0 aliphatic rings. The summed E-state index contributed by atoms with van der Waals surface area (Å²) in [5, 5.41) is 12.8. The Labute approximate surface area is 71.2 Å². The first kappa shape index (κ1) is 8.58. The summed E-state index contributed by atoms with van der Waals surface area (Å²) in [6.07, 6.45) is 0. The Balaban J connectivity index is 3.17. The van der Waals surface area contributed by atoms with Crippen molar-refractivity contribution >= 4 is 19.4 Å². The summed E-state index contributed by atoms with van der Waals surface area (Å²) in [6, 6.07) is 4.73. The van der Waals surface area contributed by atoms with Gasteiger partial charge in [-0.25, -0.2) is 0 Å². The van der Waals surface area contributed by atoms with Gasteiger partial charge in [0.2, 0.25) is 7.98 Å². The molecule has 2 radical (unpaired) electrons. The molecule has 1 N–H and O–H groups in total. The fourth-order valence-electron chi connectivity index (χ4n) is 0.896. The molecule has 0 aliphatic heterocycles. The van der Waals surface area contributed by atoms with Gasteiger partial charge in [0.25, 0.3) is 5.69 Å². The fourth-order valence-corrected chi connectivity index (χ4v) is 0.896. The third-order valence-corrected chi connectivity index (χ3v) is 1.57. The van der Waals surface area contributed by atoms with Crippen molar-refractivity contribution in [3.8, 4) is 0 Å². The van der Waals surface area contributed by atoms with Crippen LogP contribution in [0.15, 0.2) is 18.2 Å². The molecule has 1 rings (SSSR count). The van der Waals surface area contributed by atoms with Crippen molar-refractivity contribution in [2.45, 2.75) is 6.92 Å². The van der Waals surface area contributed by atoms with E-state index < -0.39 is 4.92 Å². The van der Waals surface area contributed by atoms with Crippen molar-refractivity contribution < 1.29 is 4.92 Å². The van der Waals surface area contributed by atoms with Gasteiger partial charge in [0.1, 0.15) is 0 Å². The number of nitro benzene ring substituents is 1. The number of nitrogens with zero attached hydrogens (tertiary/aromatic N) is 1. The third kappa shape index (κ3) is 1.55. The topological polar surface area (TPSA) is 55.2 Å². The van der Waals surface area contributed by atoms with Gasteiger partial charge in [0, 0.05) is 17.3 Å². The van der Waals surface area contributed by atoms with Crippen molar-refractivity contribution in [2.24, 2.45) is 0 Å². The van der Waals surface area contributed by atoms with E-state index in [1.165, 1.54) is 6.07 Å². The molecule has 0 amide bonds. The Hall–Kier alpha value is -1.52. The van der Waals surface area contributed by atoms with Crippen LogP contribution in [0.1, 0.15) is 5.56 Å². The molecule has 1 aromatic carbocycles. The number of aryl methyl sites for hydroxylation is 1. The van der Waals surface area contributed by atoms with Crippen LogP contribution in [-0.2, 0) is 0 Å². The maximum Gasteiger partial charge on any atom is 0.274 e. The monoisotopic (exact) mass is 162 g/mol. The highest BCUT2D eigenvalue weighted by Gasteiger charge is 2.09. The van der Waals surface area contributed by atoms with Crippen LogP contribution in [0, 0.1) is 17.0 Å². The summed E-state index contributed by atoms with van der Waals surface area (Å²) in [6.45, 7) is 1.68. The average Bonchev–Trinajstić information content (AvgIpc) is 2.05. The highest BCUT2D eigenvalue weighted by Crippen LogP contribution is 2.21. The molecule has 5 heteroatoms. The summed E-state index contributed by atoms with van der Waals surface area (Å²) in [5.41, 5.74) is 1.23. The molecule has 0 aromatic heterocycles. The molecule has 0 aliphatic carbocycles. The van der Waals surface area contributed by atoms with Crippen LogP contribution in [0.3, 0.4) is 0 Å². The van der Waals surface area contributed by atoms with E-state index in [-0.39, 0.29) is 5.69 Å². The van der Waals surface area contributed by atoms with Crippen molar-refractivity contribution in [3.63, 3.8) is 0 Å². The molecule has 0 unspecified atom stereocenters. The average molecular weight is 162 g/mol. The Kier molecular flexibility index (Phi) is 2.33. The Morgan fingerprint density at radius 1 is 1.58 bits per heavy atom. The van der Waals surface area contributed by atoms with Gasteiger partial charge in [0.05, 0.1) is 4.92 Å². The first-order valence-electron chi connectivity index (χ1n) is 3.37. The van der Waals surface area contributed by atoms with Crippen molar-refractivity contribution in [1.29, 1.82) is 0 Å². The number of anilines is 1. The van der Waals surface area contributed by atoms with Gasteiger partial charge in [-0.15, -0.1) is 0 Å². The van der Waals surface area contributed by atoms with Crippen LogP contribution in [0.2, 0.25) is 0 Å². The van der Waals surface area contributed by atoms with Gasteiger partial charge >= 0.3 is 0 Å². The molecule has 0 atom stereocenters. The molecule has 4 nitrogen and oxygen atoms in total. The Bertz CT molecular complexity index is 314. The first-order valence-corrected chi connectivity index (χ1v) is 3.37. The van der Waals surface area contributed by atoms with Crippen LogP contribution < -0.4 is 5.23 Å². The number of nitrogens with one attached hydrogen (secondary N) is 1. The molecule has 0 bridgehead atoms. The summed E-state index contributed by atoms with van der Waals surface area (Å²) in [4.78, 5) is 9.99. The molecular formula is C7H7BN2O2. The lowest BCUT2D eigenvalue weighted by Crippen LogP contribution is -1.95. The number of hydrogen-bond donors (Lipinski definition) is 1. The third-order valence-electron chi connectivity index (χ3n) is 1.57. The number of rotatable bonds is 2. The lowest BCUT2D eigenvalue weighted by molar-refractivity contribution is -0.385. The Morgan fingerprint density at radius 3 is 2.75 bits per heavy atom. The van der Waals surface area contributed by atoms with Crippen molar-refractivity contribution in [1.82, 2.24) is 0 Å². The fraction of sp³-hybridized carbons (Fsp3) is 0.143. The van der Waals surface area contributed by atoms with E-state index in [1.807, 2.05) is 0 Å².